The number of pyridine rings is 1. The predicted octanol–water partition coefficient (Wildman–Crippen LogP) is 3.14. The second kappa shape index (κ2) is 4.81. The van der Waals surface area contributed by atoms with Crippen molar-refractivity contribution in [2.24, 2.45) is 5.41 Å². The molecule has 0 aromatic carbocycles. The minimum Gasteiger partial charge on any atom is -0.494 e. The molecule has 0 amide bonds. The molecule has 0 saturated carbocycles. The van der Waals surface area contributed by atoms with Crippen LogP contribution in [-0.2, 0) is 4.74 Å². The summed E-state index contributed by atoms with van der Waals surface area (Å²) >= 11 is 0. The van der Waals surface area contributed by atoms with Gasteiger partial charge in [-0.05, 0) is 24.5 Å². The molecule has 0 aliphatic heterocycles. The fourth-order valence-electron chi connectivity index (χ4n) is 2.18. The first-order chi connectivity index (χ1) is 9.29. The molecular formula is C15H20N2O3. The lowest BCUT2D eigenvalue weighted by Gasteiger charge is -2.29. The normalized spacial score (nSPS) is 13.4. The van der Waals surface area contributed by atoms with E-state index in [1.165, 1.54) is 7.11 Å². The number of fused-ring (bicyclic) bond motifs is 1. The molecule has 2 aromatic heterocycles. The minimum atomic E-state index is -0.555. The number of hydrogen-bond acceptors (Lipinski definition) is 4. The first-order valence-electron chi connectivity index (χ1n) is 6.55. The third-order valence-corrected chi connectivity index (χ3v) is 3.77. The molecule has 2 heterocycles. The highest BCUT2D eigenvalue weighted by atomic mass is 16.5. The topological polar surface area (TPSA) is 64.3 Å². The van der Waals surface area contributed by atoms with Gasteiger partial charge in [0.2, 0.25) is 5.88 Å². The number of methoxy groups -OCH3 is 1. The first-order valence-corrected chi connectivity index (χ1v) is 6.55. The Balaban J connectivity index is 2.79. The summed E-state index contributed by atoms with van der Waals surface area (Å²) in [5.41, 5.74) is 0.675. The average molecular weight is 276 g/mol. The van der Waals surface area contributed by atoms with Gasteiger partial charge in [-0.1, -0.05) is 20.8 Å². The highest BCUT2D eigenvalue weighted by Crippen LogP contribution is 2.39. The maximum atomic E-state index is 11.9. The van der Waals surface area contributed by atoms with E-state index >= 15 is 0 Å². The molecule has 0 radical (unpaired) electrons. The Labute approximate surface area is 118 Å². The van der Waals surface area contributed by atoms with Crippen LogP contribution in [0, 0.1) is 5.41 Å². The van der Waals surface area contributed by atoms with Crippen LogP contribution in [0.1, 0.15) is 44.1 Å². The molecule has 108 valence electrons. The molecular weight excluding hydrogens is 256 g/mol. The van der Waals surface area contributed by atoms with Crippen LogP contribution in [0.2, 0.25) is 0 Å². The molecule has 5 heteroatoms. The van der Waals surface area contributed by atoms with Gasteiger partial charge in [0.25, 0.3) is 0 Å². The highest BCUT2D eigenvalue weighted by Gasteiger charge is 2.30. The van der Waals surface area contributed by atoms with Gasteiger partial charge in [0, 0.05) is 17.6 Å². The van der Waals surface area contributed by atoms with Crippen LogP contribution >= 0.6 is 0 Å². The number of carbonyl (C=O) groups excluding carboxylic acids is 1. The molecule has 20 heavy (non-hydrogen) atoms. The van der Waals surface area contributed by atoms with E-state index in [2.05, 4.69) is 25.8 Å². The maximum absolute atomic E-state index is 11.9. The van der Waals surface area contributed by atoms with Crippen LogP contribution in [0.25, 0.3) is 11.0 Å². The van der Waals surface area contributed by atoms with E-state index in [9.17, 15) is 9.90 Å². The number of carbonyl (C=O) groups is 1. The lowest BCUT2D eigenvalue weighted by Crippen LogP contribution is -2.21. The molecule has 1 atom stereocenters. The van der Waals surface area contributed by atoms with Crippen molar-refractivity contribution in [1.82, 2.24) is 9.55 Å². The molecule has 5 nitrogen and oxygen atoms in total. The van der Waals surface area contributed by atoms with Crippen molar-refractivity contribution in [3.05, 3.63) is 23.9 Å². The molecule has 0 bridgehead atoms. The standard InChI is InChI=1S/C15H20N2O3/c1-9(15(2,3)4)17-12-10(7-6-8-16-12)11(13(17)18)14(19)20-5/h6-9,18H,1-5H3. The summed E-state index contributed by atoms with van der Waals surface area (Å²) < 4.78 is 6.46. The van der Waals surface area contributed by atoms with Crippen molar-refractivity contribution in [3.8, 4) is 5.88 Å². The van der Waals surface area contributed by atoms with Crippen molar-refractivity contribution in [1.29, 1.82) is 0 Å². The van der Waals surface area contributed by atoms with Crippen LogP contribution in [0.3, 0.4) is 0 Å². The SMILES string of the molecule is COC(=O)c1c(O)n(C(C)C(C)(C)C)c2ncccc12. The van der Waals surface area contributed by atoms with Gasteiger partial charge >= 0.3 is 5.97 Å². The van der Waals surface area contributed by atoms with Gasteiger partial charge in [-0.25, -0.2) is 9.78 Å². The van der Waals surface area contributed by atoms with Crippen molar-refractivity contribution >= 4 is 17.0 Å². The number of hydrogen-bond donors (Lipinski definition) is 1. The highest BCUT2D eigenvalue weighted by molar-refractivity contribution is 6.06. The summed E-state index contributed by atoms with van der Waals surface area (Å²) in [6.07, 6.45) is 1.65. The first kappa shape index (κ1) is 14.4. The molecule has 0 saturated heterocycles. The molecule has 2 rings (SSSR count). The molecule has 0 spiro atoms. The average Bonchev–Trinajstić information content (AvgIpc) is 2.68. The number of ether oxygens (including phenoxy) is 1. The lowest BCUT2D eigenvalue weighted by molar-refractivity contribution is 0.0598. The van der Waals surface area contributed by atoms with Crippen molar-refractivity contribution in [3.63, 3.8) is 0 Å². The predicted molar refractivity (Wildman–Crippen MR) is 76.9 cm³/mol. The summed E-state index contributed by atoms with van der Waals surface area (Å²) in [6, 6.07) is 3.47. The van der Waals surface area contributed by atoms with Crippen LogP contribution in [0.15, 0.2) is 18.3 Å². The van der Waals surface area contributed by atoms with Gasteiger partial charge in [-0.15, -0.1) is 0 Å². The Hall–Kier alpha value is -2.04. The smallest absolute Gasteiger partial charge is 0.344 e. The van der Waals surface area contributed by atoms with Gasteiger partial charge in [-0.3, -0.25) is 4.57 Å². The Morgan fingerprint density at radius 1 is 1.45 bits per heavy atom. The van der Waals surface area contributed by atoms with Crippen LogP contribution < -0.4 is 0 Å². The van der Waals surface area contributed by atoms with Crippen molar-refractivity contribution in [2.45, 2.75) is 33.7 Å². The second-order valence-electron chi connectivity index (χ2n) is 5.98. The van der Waals surface area contributed by atoms with E-state index in [0.717, 1.165) is 0 Å². The monoisotopic (exact) mass is 276 g/mol. The summed E-state index contributed by atoms with van der Waals surface area (Å²) in [5, 5.41) is 11.1. The molecule has 1 unspecified atom stereocenters. The lowest BCUT2D eigenvalue weighted by atomic mass is 9.88. The fourth-order valence-corrected chi connectivity index (χ4v) is 2.18. The molecule has 0 aliphatic carbocycles. The van der Waals surface area contributed by atoms with E-state index < -0.39 is 5.97 Å². The molecule has 0 aliphatic rings. The van der Waals surface area contributed by atoms with Crippen LogP contribution in [0.4, 0.5) is 0 Å². The van der Waals surface area contributed by atoms with E-state index in [4.69, 9.17) is 4.74 Å². The Morgan fingerprint density at radius 3 is 2.65 bits per heavy atom. The molecule has 1 N–H and O–H groups in total. The van der Waals surface area contributed by atoms with Gasteiger partial charge in [0.15, 0.2) is 0 Å². The summed E-state index contributed by atoms with van der Waals surface area (Å²) in [4.78, 5) is 16.2. The number of nitrogens with zero attached hydrogens (tertiary/aromatic N) is 2. The number of rotatable bonds is 2. The molecule has 2 aromatic rings. The van der Waals surface area contributed by atoms with Crippen LogP contribution in [-0.4, -0.2) is 27.7 Å². The van der Waals surface area contributed by atoms with Gasteiger partial charge in [0.05, 0.1) is 7.11 Å². The Bertz CT molecular complexity index is 653. The van der Waals surface area contributed by atoms with E-state index in [1.54, 1.807) is 22.9 Å². The maximum Gasteiger partial charge on any atom is 0.344 e. The zero-order valence-corrected chi connectivity index (χ0v) is 12.5. The summed E-state index contributed by atoms with van der Waals surface area (Å²) in [6.45, 7) is 8.21. The third kappa shape index (κ3) is 2.13. The van der Waals surface area contributed by atoms with Crippen LogP contribution in [0.5, 0.6) is 5.88 Å². The van der Waals surface area contributed by atoms with Gasteiger partial charge < -0.3 is 9.84 Å². The third-order valence-electron chi connectivity index (χ3n) is 3.77. The molecule has 0 fully saturated rings. The summed E-state index contributed by atoms with van der Waals surface area (Å²) in [5.74, 6) is -0.645. The zero-order valence-electron chi connectivity index (χ0n) is 12.5. The number of aromatic nitrogens is 2. The largest absolute Gasteiger partial charge is 0.494 e. The van der Waals surface area contributed by atoms with E-state index in [1.807, 2.05) is 6.92 Å². The fraction of sp³-hybridized carbons (Fsp3) is 0.467. The quantitative estimate of drug-likeness (QED) is 0.856. The summed E-state index contributed by atoms with van der Waals surface area (Å²) in [7, 11) is 1.30. The van der Waals surface area contributed by atoms with Gasteiger partial charge in [0.1, 0.15) is 11.2 Å². The zero-order chi connectivity index (χ0) is 15.1. The Morgan fingerprint density at radius 2 is 2.10 bits per heavy atom. The number of esters is 1. The van der Waals surface area contributed by atoms with Crippen molar-refractivity contribution < 1.29 is 14.6 Å². The van der Waals surface area contributed by atoms with Crippen molar-refractivity contribution in [2.75, 3.05) is 7.11 Å². The second-order valence-corrected chi connectivity index (χ2v) is 5.98. The van der Waals surface area contributed by atoms with E-state index in [0.29, 0.717) is 11.0 Å². The van der Waals surface area contributed by atoms with Gasteiger partial charge in [-0.2, -0.15) is 0 Å². The number of aromatic hydroxyl groups is 1. The minimum absolute atomic E-state index is 0.0293. The Kier molecular flexibility index (Phi) is 3.46. The van der Waals surface area contributed by atoms with E-state index in [-0.39, 0.29) is 22.9 Å².